The van der Waals surface area contributed by atoms with E-state index in [1.807, 2.05) is 0 Å². The lowest BCUT2D eigenvalue weighted by atomic mass is 10.2. The number of nitro groups is 1. The lowest BCUT2D eigenvalue weighted by Gasteiger charge is -2.06. The van der Waals surface area contributed by atoms with Gasteiger partial charge in [-0.15, -0.1) is 5.10 Å². The Labute approximate surface area is 162 Å². The predicted octanol–water partition coefficient (Wildman–Crippen LogP) is 3.26. The molecular weight excluding hydrogens is 389 g/mol. The molecule has 0 bridgehead atoms. The molecule has 0 aliphatic heterocycles. The average molecular weight is 403 g/mol. The van der Waals surface area contributed by atoms with Crippen LogP contribution in [-0.2, 0) is 4.79 Å². The van der Waals surface area contributed by atoms with Crippen molar-refractivity contribution in [3.63, 3.8) is 0 Å². The Hall–Kier alpha value is -3.47. The molecule has 3 rings (SSSR count). The van der Waals surface area contributed by atoms with Crippen LogP contribution in [0, 0.1) is 15.9 Å². The average Bonchev–Trinajstić information content (AvgIpc) is 3.15. The zero-order valence-corrected chi connectivity index (χ0v) is 15.3. The van der Waals surface area contributed by atoms with Gasteiger partial charge in [0.2, 0.25) is 11.1 Å². The number of benzene rings is 2. The second-order valence-electron chi connectivity index (χ2n) is 5.42. The van der Waals surface area contributed by atoms with E-state index in [0.717, 1.165) is 11.8 Å². The summed E-state index contributed by atoms with van der Waals surface area (Å²) >= 11 is 1.01. The third kappa shape index (κ3) is 4.43. The van der Waals surface area contributed by atoms with Crippen molar-refractivity contribution >= 4 is 29.0 Å². The van der Waals surface area contributed by atoms with Crippen LogP contribution in [0.15, 0.2) is 47.6 Å². The van der Waals surface area contributed by atoms with E-state index in [0.29, 0.717) is 5.75 Å². The SMILES string of the molecule is COc1ccc(NC(=O)CSc2n[nH]c(-c3ccccc3F)n2)c([N+](=O)[O-])c1. The number of aromatic nitrogens is 3. The molecule has 28 heavy (non-hydrogen) atoms. The molecule has 1 heterocycles. The highest BCUT2D eigenvalue weighted by Crippen LogP contribution is 2.29. The predicted molar refractivity (Wildman–Crippen MR) is 101 cm³/mol. The van der Waals surface area contributed by atoms with E-state index >= 15 is 0 Å². The molecule has 1 amide bonds. The normalized spacial score (nSPS) is 10.5. The molecule has 0 saturated carbocycles. The smallest absolute Gasteiger partial charge is 0.296 e. The highest BCUT2D eigenvalue weighted by Gasteiger charge is 2.18. The number of rotatable bonds is 7. The van der Waals surface area contributed by atoms with E-state index in [-0.39, 0.29) is 33.7 Å². The Kier molecular flexibility index (Phi) is 5.84. The first-order valence-electron chi connectivity index (χ1n) is 7.90. The topological polar surface area (TPSA) is 123 Å². The first-order valence-corrected chi connectivity index (χ1v) is 8.89. The molecule has 2 aromatic carbocycles. The van der Waals surface area contributed by atoms with E-state index < -0.39 is 16.6 Å². The Balaban J connectivity index is 1.64. The molecule has 0 radical (unpaired) electrons. The fourth-order valence-corrected chi connectivity index (χ4v) is 2.89. The van der Waals surface area contributed by atoms with Gasteiger partial charge in [0.15, 0.2) is 5.82 Å². The molecule has 0 aliphatic carbocycles. The number of hydrogen-bond acceptors (Lipinski definition) is 7. The number of hydrogen-bond donors (Lipinski definition) is 2. The third-order valence-electron chi connectivity index (χ3n) is 3.60. The molecule has 3 aromatic rings. The van der Waals surface area contributed by atoms with Gasteiger partial charge >= 0.3 is 0 Å². The van der Waals surface area contributed by atoms with Gasteiger partial charge in [-0.2, -0.15) is 0 Å². The molecular formula is C17H14FN5O4S. The van der Waals surface area contributed by atoms with Crippen molar-refractivity contribution in [2.75, 3.05) is 18.2 Å². The van der Waals surface area contributed by atoms with Crippen LogP contribution < -0.4 is 10.1 Å². The molecule has 2 N–H and O–H groups in total. The van der Waals surface area contributed by atoms with Crippen molar-refractivity contribution in [3.8, 4) is 17.1 Å². The van der Waals surface area contributed by atoms with Gasteiger partial charge in [0, 0.05) is 0 Å². The summed E-state index contributed by atoms with van der Waals surface area (Å²) in [5.74, 6) is -0.458. The monoisotopic (exact) mass is 403 g/mol. The van der Waals surface area contributed by atoms with Crippen LogP contribution in [0.4, 0.5) is 15.8 Å². The van der Waals surface area contributed by atoms with Gasteiger partial charge in [-0.3, -0.25) is 20.0 Å². The number of anilines is 1. The van der Waals surface area contributed by atoms with Crippen molar-refractivity contribution in [2.24, 2.45) is 0 Å². The lowest BCUT2D eigenvalue weighted by Crippen LogP contribution is -2.15. The van der Waals surface area contributed by atoms with Gasteiger partial charge in [0.1, 0.15) is 17.3 Å². The maximum absolute atomic E-state index is 13.8. The zero-order valence-electron chi connectivity index (χ0n) is 14.5. The number of nitrogens with one attached hydrogen (secondary N) is 2. The van der Waals surface area contributed by atoms with Gasteiger partial charge in [0.25, 0.3) is 5.69 Å². The fourth-order valence-electron chi connectivity index (χ4n) is 2.30. The standard InChI is InChI=1S/C17H14FN5O4S/c1-27-10-6-7-13(14(8-10)23(25)26)19-15(24)9-28-17-20-16(21-22-17)11-4-2-3-5-12(11)18/h2-8H,9H2,1H3,(H,19,24)(H,20,21,22). The van der Waals surface area contributed by atoms with Crippen LogP contribution in [0.5, 0.6) is 5.75 Å². The van der Waals surface area contributed by atoms with Crippen molar-refractivity contribution in [3.05, 3.63) is 58.4 Å². The fraction of sp³-hybridized carbons (Fsp3) is 0.118. The Morgan fingerprint density at radius 1 is 1.36 bits per heavy atom. The van der Waals surface area contributed by atoms with E-state index in [1.165, 1.54) is 31.4 Å². The maximum Gasteiger partial charge on any atom is 0.296 e. The molecule has 11 heteroatoms. The zero-order chi connectivity index (χ0) is 20.1. The number of amides is 1. The van der Waals surface area contributed by atoms with Crippen LogP contribution >= 0.6 is 11.8 Å². The van der Waals surface area contributed by atoms with Crippen LogP contribution in [0.1, 0.15) is 0 Å². The van der Waals surface area contributed by atoms with Crippen LogP contribution in [0.2, 0.25) is 0 Å². The third-order valence-corrected chi connectivity index (χ3v) is 4.45. The Morgan fingerprint density at radius 2 is 2.14 bits per heavy atom. The number of methoxy groups -OCH3 is 1. The summed E-state index contributed by atoms with van der Waals surface area (Å²) in [5, 5.41) is 20.4. The minimum atomic E-state index is -0.610. The van der Waals surface area contributed by atoms with Crippen molar-refractivity contribution in [1.82, 2.24) is 15.2 Å². The van der Waals surface area contributed by atoms with Crippen molar-refractivity contribution in [1.29, 1.82) is 0 Å². The van der Waals surface area contributed by atoms with Gasteiger partial charge in [-0.1, -0.05) is 23.9 Å². The number of ether oxygens (including phenoxy) is 1. The number of nitrogens with zero attached hydrogens (tertiary/aromatic N) is 3. The largest absolute Gasteiger partial charge is 0.496 e. The van der Waals surface area contributed by atoms with Crippen LogP contribution in [0.25, 0.3) is 11.4 Å². The van der Waals surface area contributed by atoms with Crippen molar-refractivity contribution in [2.45, 2.75) is 5.16 Å². The summed E-state index contributed by atoms with van der Waals surface area (Å²) in [6.07, 6.45) is 0. The first-order chi connectivity index (χ1) is 13.5. The summed E-state index contributed by atoms with van der Waals surface area (Å²) < 4.78 is 18.7. The summed E-state index contributed by atoms with van der Waals surface area (Å²) in [7, 11) is 1.39. The molecule has 0 aliphatic rings. The van der Waals surface area contributed by atoms with E-state index in [1.54, 1.807) is 18.2 Å². The number of H-pyrrole nitrogens is 1. The number of thioether (sulfide) groups is 1. The lowest BCUT2D eigenvalue weighted by molar-refractivity contribution is -0.384. The highest BCUT2D eigenvalue weighted by atomic mass is 32.2. The Bertz CT molecular complexity index is 1030. The Morgan fingerprint density at radius 3 is 2.86 bits per heavy atom. The number of nitro benzene ring substituents is 1. The minimum absolute atomic E-state index is 0.0541. The van der Waals surface area contributed by atoms with Gasteiger partial charge < -0.3 is 10.1 Å². The molecule has 0 atom stereocenters. The quantitative estimate of drug-likeness (QED) is 0.353. The van der Waals surface area contributed by atoms with Gasteiger partial charge in [0.05, 0.1) is 29.4 Å². The number of halogens is 1. The second-order valence-corrected chi connectivity index (χ2v) is 6.37. The van der Waals surface area contributed by atoms with Crippen LogP contribution in [0.3, 0.4) is 0 Å². The molecule has 0 spiro atoms. The van der Waals surface area contributed by atoms with E-state index in [9.17, 15) is 19.3 Å². The molecule has 9 nitrogen and oxygen atoms in total. The number of carbonyl (C=O) groups excluding carboxylic acids is 1. The molecule has 0 fully saturated rings. The first kappa shape index (κ1) is 19.3. The molecule has 0 unspecified atom stereocenters. The van der Waals surface area contributed by atoms with E-state index in [4.69, 9.17) is 4.74 Å². The van der Waals surface area contributed by atoms with Crippen molar-refractivity contribution < 1.29 is 18.8 Å². The number of aromatic amines is 1. The number of carbonyl (C=O) groups is 1. The molecule has 0 saturated heterocycles. The highest BCUT2D eigenvalue weighted by molar-refractivity contribution is 7.99. The van der Waals surface area contributed by atoms with E-state index in [2.05, 4.69) is 20.5 Å². The summed E-state index contributed by atoms with van der Waals surface area (Å²) in [5.41, 5.74) is 0.0380. The minimum Gasteiger partial charge on any atom is -0.496 e. The maximum atomic E-state index is 13.8. The van der Waals surface area contributed by atoms with Gasteiger partial charge in [-0.25, -0.2) is 9.37 Å². The molecule has 144 valence electrons. The molecule has 1 aromatic heterocycles. The second kappa shape index (κ2) is 8.48. The summed E-state index contributed by atoms with van der Waals surface area (Å²) in [6, 6.07) is 10.2. The summed E-state index contributed by atoms with van der Waals surface area (Å²) in [4.78, 5) is 26.8. The summed E-state index contributed by atoms with van der Waals surface area (Å²) in [6.45, 7) is 0. The van der Waals surface area contributed by atoms with Gasteiger partial charge in [-0.05, 0) is 24.3 Å². The van der Waals surface area contributed by atoms with Crippen LogP contribution in [-0.4, -0.2) is 38.9 Å².